The van der Waals surface area contributed by atoms with Gasteiger partial charge in [0.2, 0.25) is 5.91 Å². The standard InChI is InChI=1S/C13H16N4O2/c1-16-7-10-5-14-9-17(10)12(8-16)13(18)15-6-11-3-2-4-19-11/h2-5,9,12H,6-8H2,1H3,(H,15,18)/t12-/m0/s1. The van der Waals surface area contributed by atoms with E-state index in [9.17, 15) is 4.79 Å². The second-order valence-corrected chi connectivity index (χ2v) is 4.80. The summed E-state index contributed by atoms with van der Waals surface area (Å²) in [5.74, 6) is 0.741. The molecule has 0 radical (unpaired) electrons. The second kappa shape index (κ2) is 4.89. The van der Waals surface area contributed by atoms with Crippen LogP contribution in [-0.4, -0.2) is 34.0 Å². The molecule has 1 amide bonds. The molecule has 19 heavy (non-hydrogen) atoms. The molecule has 0 spiro atoms. The molecule has 3 heterocycles. The number of hydrogen-bond acceptors (Lipinski definition) is 4. The molecular weight excluding hydrogens is 244 g/mol. The molecule has 6 nitrogen and oxygen atoms in total. The fourth-order valence-corrected chi connectivity index (χ4v) is 2.37. The van der Waals surface area contributed by atoms with Gasteiger partial charge in [0.1, 0.15) is 11.8 Å². The van der Waals surface area contributed by atoms with Crippen molar-refractivity contribution < 1.29 is 9.21 Å². The van der Waals surface area contributed by atoms with Gasteiger partial charge in [-0.2, -0.15) is 0 Å². The molecular formula is C13H16N4O2. The number of furan rings is 1. The van der Waals surface area contributed by atoms with Crippen LogP contribution in [0.1, 0.15) is 17.5 Å². The predicted octanol–water partition coefficient (Wildman–Crippen LogP) is 0.779. The summed E-state index contributed by atoms with van der Waals surface area (Å²) in [6.07, 6.45) is 5.13. The summed E-state index contributed by atoms with van der Waals surface area (Å²) >= 11 is 0. The summed E-state index contributed by atoms with van der Waals surface area (Å²) in [6, 6.07) is 3.42. The number of carbonyl (C=O) groups excluding carboxylic acids is 1. The molecule has 0 saturated carbocycles. The molecule has 3 rings (SSSR count). The van der Waals surface area contributed by atoms with Crippen molar-refractivity contribution in [1.29, 1.82) is 0 Å². The zero-order chi connectivity index (χ0) is 13.2. The zero-order valence-corrected chi connectivity index (χ0v) is 10.7. The van der Waals surface area contributed by atoms with Gasteiger partial charge in [0.05, 0.1) is 24.8 Å². The van der Waals surface area contributed by atoms with Crippen molar-refractivity contribution in [2.75, 3.05) is 13.6 Å². The van der Waals surface area contributed by atoms with Crippen molar-refractivity contribution in [3.63, 3.8) is 0 Å². The summed E-state index contributed by atoms with van der Waals surface area (Å²) in [5.41, 5.74) is 1.06. The number of imidazole rings is 1. The number of aromatic nitrogens is 2. The predicted molar refractivity (Wildman–Crippen MR) is 68.2 cm³/mol. The van der Waals surface area contributed by atoms with Crippen LogP contribution in [0.3, 0.4) is 0 Å². The number of carbonyl (C=O) groups is 1. The molecule has 0 bridgehead atoms. The molecule has 1 atom stereocenters. The topological polar surface area (TPSA) is 63.3 Å². The van der Waals surface area contributed by atoms with Crippen LogP contribution in [0.15, 0.2) is 35.3 Å². The van der Waals surface area contributed by atoms with E-state index < -0.39 is 0 Å². The van der Waals surface area contributed by atoms with Gasteiger partial charge in [-0.25, -0.2) is 4.98 Å². The SMILES string of the molecule is CN1Cc2cncn2[C@H](C(=O)NCc2ccco2)C1. The Bertz CT molecular complexity index is 561. The molecule has 1 aliphatic rings. The highest BCUT2D eigenvalue weighted by molar-refractivity contribution is 5.80. The number of nitrogens with zero attached hydrogens (tertiary/aromatic N) is 3. The Morgan fingerprint density at radius 3 is 3.32 bits per heavy atom. The first kappa shape index (κ1) is 12.0. The first-order chi connectivity index (χ1) is 9.24. The van der Waals surface area contributed by atoms with Crippen LogP contribution in [-0.2, 0) is 17.9 Å². The van der Waals surface area contributed by atoms with E-state index >= 15 is 0 Å². The van der Waals surface area contributed by atoms with E-state index in [1.807, 2.05) is 29.9 Å². The monoisotopic (exact) mass is 260 g/mol. The molecule has 100 valence electrons. The maximum atomic E-state index is 12.3. The lowest BCUT2D eigenvalue weighted by molar-refractivity contribution is -0.125. The van der Waals surface area contributed by atoms with Gasteiger partial charge in [0.25, 0.3) is 0 Å². The summed E-state index contributed by atoms with van der Waals surface area (Å²) in [5, 5.41) is 2.90. The fourth-order valence-electron chi connectivity index (χ4n) is 2.37. The van der Waals surface area contributed by atoms with E-state index in [0.717, 1.165) is 18.0 Å². The second-order valence-electron chi connectivity index (χ2n) is 4.80. The Labute approximate surface area is 111 Å². The van der Waals surface area contributed by atoms with Gasteiger partial charge >= 0.3 is 0 Å². The molecule has 2 aromatic heterocycles. The third kappa shape index (κ3) is 2.39. The Kier molecular flexibility index (Phi) is 3.08. The van der Waals surface area contributed by atoms with E-state index in [-0.39, 0.29) is 11.9 Å². The maximum absolute atomic E-state index is 12.3. The van der Waals surface area contributed by atoms with Gasteiger partial charge in [-0.05, 0) is 19.2 Å². The van der Waals surface area contributed by atoms with E-state index in [4.69, 9.17) is 4.42 Å². The molecule has 0 saturated heterocycles. The number of fused-ring (bicyclic) bond motifs is 1. The van der Waals surface area contributed by atoms with Crippen LogP contribution in [0.4, 0.5) is 0 Å². The minimum absolute atomic E-state index is 0.0119. The van der Waals surface area contributed by atoms with Gasteiger partial charge in [-0.3, -0.25) is 9.69 Å². The summed E-state index contributed by atoms with van der Waals surface area (Å²) in [6.45, 7) is 1.92. The third-order valence-electron chi connectivity index (χ3n) is 3.32. The number of amides is 1. The highest BCUT2D eigenvalue weighted by atomic mass is 16.3. The molecule has 2 aromatic rings. The highest BCUT2D eigenvalue weighted by Crippen LogP contribution is 2.19. The normalized spacial score (nSPS) is 19.1. The quantitative estimate of drug-likeness (QED) is 0.885. The van der Waals surface area contributed by atoms with Gasteiger partial charge in [-0.1, -0.05) is 0 Å². The van der Waals surface area contributed by atoms with Crippen molar-refractivity contribution >= 4 is 5.91 Å². The molecule has 0 aliphatic carbocycles. The summed E-state index contributed by atoms with van der Waals surface area (Å²) in [7, 11) is 2.00. The lowest BCUT2D eigenvalue weighted by atomic mass is 10.2. The number of hydrogen-bond donors (Lipinski definition) is 1. The lowest BCUT2D eigenvalue weighted by Gasteiger charge is -2.30. The Hall–Kier alpha value is -2.08. The smallest absolute Gasteiger partial charge is 0.244 e. The van der Waals surface area contributed by atoms with Crippen LogP contribution in [0.25, 0.3) is 0 Å². The van der Waals surface area contributed by atoms with Gasteiger partial charge in [0.15, 0.2) is 0 Å². The molecule has 0 unspecified atom stereocenters. The average Bonchev–Trinajstić information content (AvgIpc) is 3.05. The van der Waals surface area contributed by atoms with Crippen molar-refractivity contribution in [2.45, 2.75) is 19.1 Å². The van der Waals surface area contributed by atoms with Crippen molar-refractivity contribution in [3.05, 3.63) is 42.4 Å². The highest BCUT2D eigenvalue weighted by Gasteiger charge is 2.28. The fraction of sp³-hybridized carbons (Fsp3) is 0.385. The number of likely N-dealkylation sites (N-methyl/N-ethyl adjacent to an activating group) is 1. The third-order valence-corrected chi connectivity index (χ3v) is 3.32. The maximum Gasteiger partial charge on any atom is 0.244 e. The average molecular weight is 260 g/mol. The first-order valence-corrected chi connectivity index (χ1v) is 6.23. The Morgan fingerprint density at radius 1 is 1.63 bits per heavy atom. The van der Waals surface area contributed by atoms with Gasteiger partial charge in [0, 0.05) is 19.3 Å². The largest absolute Gasteiger partial charge is 0.467 e. The Balaban J connectivity index is 1.70. The lowest BCUT2D eigenvalue weighted by Crippen LogP contribution is -2.42. The molecule has 6 heteroatoms. The van der Waals surface area contributed by atoms with Gasteiger partial charge in [-0.15, -0.1) is 0 Å². The van der Waals surface area contributed by atoms with Gasteiger partial charge < -0.3 is 14.3 Å². The number of nitrogens with one attached hydrogen (secondary N) is 1. The molecule has 1 N–H and O–H groups in total. The van der Waals surface area contributed by atoms with Crippen LogP contribution >= 0.6 is 0 Å². The van der Waals surface area contributed by atoms with Crippen LogP contribution < -0.4 is 5.32 Å². The van der Waals surface area contributed by atoms with Crippen LogP contribution in [0.2, 0.25) is 0 Å². The van der Waals surface area contributed by atoms with Crippen LogP contribution in [0.5, 0.6) is 0 Å². The molecule has 1 aliphatic heterocycles. The Morgan fingerprint density at radius 2 is 2.53 bits per heavy atom. The van der Waals surface area contributed by atoms with Crippen molar-refractivity contribution in [3.8, 4) is 0 Å². The summed E-state index contributed by atoms with van der Waals surface area (Å²) < 4.78 is 7.14. The molecule has 0 aromatic carbocycles. The zero-order valence-electron chi connectivity index (χ0n) is 10.7. The minimum atomic E-state index is -0.230. The first-order valence-electron chi connectivity index (χ1n) is 6.23. The van der Waals surface area contributed by atoms with E-state index in [2.05, 4.69) is 15.2 Å². The minimum Gasteiger partial charge on any atom is -0.467 e. The van der Waals surface area contributed by atoms with E-state index in [0.29, 0.717) is 13.1 Å². The summed E-state index contributed by atoms with van der Waals surface area (Å²) in [4.78, 5) is 18.5. The van der Waals surface area contributed by atoms with Crippen LogP contribution in [0, 0.1) is 0 Å². The number of rotatable bonds is 3. The van der Waals surface area contributed by atoms with Crippen molar-refractivity contribution in [1.82, 2.24) is 19.8 Å². The van der Waals surface area contributed by atoms with Crippen molar-refractivity contribution in [2.24, 2.45) is 0 Å². The van der Waals surface area contributed by atoms with E-state index in [1.54, 1.807) is 12.6 Å². The van der Waals surface area contributed by atoms with E-state index in [1.165, 1.54) is 0 Å². The molecule has 0 fully saturated rings.